The van der Waals surface area contributed by atoms with Crippen LogP contribution in [-0.2, 0) is 16.0 Å². The predicted octanol–water partition coefficient (Wildman–Crippen LogP) is 3.20. The molecule has 0 bridgehead atoms. The average molecular weight is 372 g/mol. The molecule has 1 fully saturated rings. The Kier molecular flexibility index (Phi) is 5.62. The molecule has 1 aromatic heterocycles. The number of hydrogen-bond donors (Lipinski definition) is 0. The van der Waals surface area contributed by atoms with Gasteiger partial charge in [-0.05, 0) is 19.3 Å². The van der Waals surface area contributed by atoms with E-state index in [0.717, 1.165) is 79.9 Å². The van der Waals surface area contributed by atoms with E-state index in [1.165, 1.54) is 0 Å². The summed E-state index contributed by atoms with van der Waals surface area (Å²) >= 11 is 1.66. The molecule has 0 aliphatic carbocycles. The lowest BCUT2D eigenvalue weighted by molar-refractivity contribution is -0.119. The highest BCUT2D eigenvalue weighted by Gasteiger charge is 2.26. The second-order valence-electron chi connectivity index (χ2n) is 6.84. The molecule has 0 N–H and O–H groups in total. The van der Waals surface area contributed by atoms with Crippen LogP contribution in [0.25, 0.3) is 10.6 Å². The molecule has 0 radical (unpaired) electrons. The van der Waals surface area contributed by atoms with Crippen LogP contribution in [-0.4, -0.2) is 55.2 Å². The number of thiazole rings is 1. The van der Waals surface area contributed by atoms with Crippen LogP contribution >= 0.6 is 11.3 Å². The number of anilines is 1. The van der Waals surface area contributed by atoms with Gasteiger partial charge >= 0.3 is 0 Å². The minimum atomic E-state index is 0.225. The number of benzene rings is 1. The quantitative estimate of drug-likeness (QED) is 0.828. The molecule has 2 aliphatic rings. The van der Waals surface area contributed by atoms with E-state index >= 15 is 0 Å². The number of fused-ring (bicyclic) bond motifs is 1. The fraction of sp³-hybridized carbons (Fsp3) is 0.500. The number of hydrogen-bond acceptors (Lipinski definition) is 5. The summed E-state index contributed by atoms with van der Waals surface area (Å²) in [5, 5.41) is 2.08. The number of aryl methyl sites for hydroxylation is 1. The number of rotatable bonds is 4. The van der Waals surface area contributed by atoms with Gasteiger partial charge in [0.2, 0.25) is 5.91 Å². The smallest absolute Gasteiger partial charge is 0.228 e. The van der Waals surface area contributed by atoms with E-state index in [0.29, 0.717) is 6.42 Å². The van der Waals surface area contributed by atoms with Gasteiger partial charge in [0.05, 0.1) is 18.9 Å². The second-order valence-corrected chi connectivity index (χ2v) is 7.82. The Hall–Kier alpha value is -1.76. The zero-order valence-corrected chi connectivity index (χ0v) is 15.8. The number of amides is 1. The molecule has 0 unspecified atom stereocenters. The first kappa shape index (κ1) is 17.6. The van der Waals surface area contributed by atoms with Gasteiger partial charge in [-0.1, -0.05) is 41.7 Å². The van der Waals surface area contributed by atoms with E-state index in [2.05, 4.69) is 17.0 Å². The fourth-order valence-electron chi connectivity index (χ4n) is 3.54. The Morgan fingerprint density at radius 2 is 1.92 bits per heavy atom. The lowest BCUT2D eigenvalue weighted by Crippen LogP contribution is -2.40. The van der Waals surface area contributed by atoms with Crippen molar-refractivity contribution < 1.29 is 9.53 Å². The van der Waals surface area contributed by atoms with Crippen LogP contribution in [0.15, 0.2) is 30.3 Å². The maximum absolute atomic E-state index is 12.9. The Bertz CT molecular complexity index is 741. The topological polar surface area (TPSA) is 45.7 Å². The second kappa shape index (κ2) is 8.29. The molecule has 0 saturated carbocycles. The van der Waals surface area contributed by atoms with Gasteiger partial charge in [0.1, 0.15) is 10.0 Å². The predicted molar refractivity (Wildman–Crippen MR) is 105 cm³/mol. The van der Waals surface area contributed by atoms with Gasteiger partial charge in [-0.3, -0.25) is 9.69 Å². The fourth-order valence-corrected chi connectivity index (χ4v) is 4.70. The van der Waals surface area contributed by atoms with Crippen molar-refractivity contribution in [2.75, 3.05) is 44.3 Å². The number of morpholine rings is 1. The molecule has 6 heteroatoms. The number of ether oxygens (including phenoxy) is 1. The van der Waals surface area contributed by atoms with Crippen LogP contribution in [0.1, 0.15) is 25.0 Å². The molecule has 2 aliphatic heterocycles. The van der Waals surface area contributed by atoms with Gasteiger partial charge in [0.15, 0.2) is 0 Å². The lowest BCUT2D eigenvalue weighted by atomic mass is 10.2. The summed E-state index contributed by atoms with van der Waals surface area (Å²) in [4.78, 5) is 22.1. The van der Waals surface area contributed by atoms with E-state index < -0.39 is 0 Å². The molecule has 26 heavy (non-hydrogen) atoms. The van der Waals surface area contributed by atoms with Crippen LogP contribution in [0.3, 0.4) is 0 Å². The number of nitrogens with zero attached hydrogens (tertiary/aromatic N) is 3. The Morgan fingerprint density at radius 3 is 2.73 bits per heavy atom. The van der Waals surface area contributed by atoms with E-state index in [-0.39, 0.29) is 5.91 Å². The Balaban J connectivity index is 1.50. The summed E-state index contributed by atoms with van der Waals surface area (Å²) in [6.07, 6.45) is 3.68. The molecule has 1 aromatic carbocycles. The number of carbonyl (C=O) groups is 1. The third-order valence-corrected chi connectivity index (χ3v) is 6.20. The monoisotopic (exact) mass is 371 g/mol. The summed E-state index contributed by atoms with van der Waals surface area (Å²) in [5.74, 6) is 0.225. The molecular formula is C20H25N3O2S. The summed E-state index contributed by atoms with van der Waals surface area (Å²) in [6, 6.07) is 10.3. The summed E-state index contributed by atoms with van der Waals surface area (Å²) < 4.78 is 5.39. The molecule has 3 heterocycles. The highest BCUT2D eigenvalue weighted by Crippen LogP contribution is 2.37. The van der Waals surface area contributed by atoms with Crippen LogP contribution in [0.2, 0.25) is 0 Å². The lowest BCUT2D eigenvalue weighted by Gasteiger charge is -2.27. The largest absolute Gasteiger partial charge is 0.379 e. The zero-order chi connectivity index (χ0) is 17.8. The minimum Gasteiger partial charge on any atom is -0.379 e. The number of carbonyl (C=O) groups excluding carboxylic acids is 1. The van der Waals surface area contributed by atoms with Crippen molar-refractivity contribution in [3.05, 3.63) is 36.0 Å². The molecule has 1 amide bonds. The first-order chi connectivity index (χ1) is 12.8. The van der Waals surface area contributed by atoms with Crippen molar-refractivity contribution >= 4 is 22.2 Å². The Morgan fingerprint density at radius 1 is 1.12 bits per heavy atom. The van der Waals surface area contributed by atoms with Crippen molar-refractivity contribution in [3.63, 3.8) is 0 Å². The van der Waals surface area contributed by atoms with Gasteiger partial charge in [-0.2, -0.15) is 0 Å². The average Bonchev–Trinajstić information content (AvgIpc) is 3.02. The minimum absolute atomic E-state index is 0.225. The van der Waals surface area contributed by atoms with E-state index in [4.69, 9.17) is 9.72 Å². The molecule has 5 nitrogen and oxygen atoms in total. The summed E-state index contributed by atoms with van der Waals surface area (Å²) in [7, 11) is 0. The Labute approximate surface area is 158 Å². The van der Waals surface area contributed by atoms with Crippen molar-refractivity contribution in [3.8, 4) is 10.6 Å². The van der Waals surface area contributed by atoms with Crippen LogP contribution in [0.5, 0.6) is 0 Å². The van der Waals surface area contributed by atoms with Crippen LogP contribution in [0.4, 0.5) is 5.00 Å². The van der Waals surface area contributed by atoms with Gasteiger partial charge in [-0.15, -0.1) is 0 Å². The van der Waals surface area contributed by atoms with E-state index in [1.54, 1.807) is 11.3 Å². The maximum atomic E-state index is 12.9. The molecular weight excluding hydrogens is 346 g/mol. The van der Waals surface area contributed by atoms with Gasteiger partial charge in [-0.25, -0.2) is 4.98 Å². The first-order valence-corrected chi connectivity index (χ1v) is 10.3. The maximum Gasteiger partial charge on any atom is 0.228 e. The van der Waals surface area contributed by atoms with Crippen molar-refractivity contribution in [2.24, 2.45) is 0 Å². The van der Waals surface area contributed by atoms with Gasteiger partial charge in [0.25, 0.3) is 0 Å². The van der Waals surface area contributed by atoms with Gasteiger partial charge < -0.3 is 9.64 Å². The normalized spacial score (nSPS) is 18.4. The first-order valence-electron chi connectivity index (χ1n) is 9.47. The van der Waals surface area contributed by atoms with Crippen molar-refractivity contribution in [1.82, 2.24) is 9.88 Å². The zero-order valence-electron chi connectivity index (χ0n) is 15.0. The third-order valence-electron chi connectivity index (χ3n) is 5.03. The molecule has 0 atom stereocenters. The van der Waals surface area contributed by atoms with Crippen LogP contribution in [0, 0.1) is 0 Å². The summed E-state index contributed by atoms with van der Waals surface area (Å²) in [5.41, 5.74) is 2.22. The number of aromatic nitrogens is 1. The molecule has 138 valence electrons. The third kappa shape index (κ3) is 3.98. The highest BCUT2D eigenvalue weighted by atomic mass is 32.1. The highest BCUT2D eigenvalue weighted by molar-refractivity contribution is 7.19. The molecule has 4 rings (SSSR count). The van der Waals surface area contributed by atoms with Crippen molar-refractivity contribution in [2.45, 2.75) is 25.7 Å². The van der Waals surface area contributed by atoms with Gasteiger partial charge in [0, 0.05) is 38.2 Å². The molecule has 0 spiro atoms. The molecule has 2 aromatic rings. The van der Waals surface area contributed by atoms with Crippen LogP contribution < -0.4 is 4.90 Å². The van der Waals surface area contributed by atoms with E-state index in [9.17, 15) is 4.79 Å². The standard InChI is InChI=1S/C20H25N3O2S/c24-18(9-11-22-12-14-25-15-13-22)23-10-5-4-8-17-20(23)26-19(21-17)16-6-2-1-3-7-16/h1-3,6-7H,4-5,8-15H2. The van der Waals surface area contributed by atoms with Crippen molar-refractivity contribution in [1.29, 1.82) is 0 Å². The SMILES string of the molecule is O=C(CCN1CCOCC1)N1CCCCc2nc(-c3ccccc3)sc21. The summed E-state index contributed by atoms with van der Waals surface area (Å²) in [6.45, 7) is 5.03. The molecule has 1 saturated heterocycles. The van der Waals surface area contributed by atoms with E-state index in [1.807, 2.05) is 23.1 Å².